The Morgan fingerprint density at radius 1 is 1.50 bits per heavy atom. The van der Waals surface area contributed by atoms with E-state index >= 15 is 0 Å². The number of hydrogen-bond donors (Lipinski definition) is 2. The SMILES string of the molecule is CCO[C@H]1C[C@H](NC(=O)CCc2nc3ncccc3[nH]2)C12CCC2. The van der Waals surface area contributed by atoms with E-state index in [1.54, 1.807) is 6.20 Å². The predicted molar refractivity (Wildman–Crippen MR) is 90.5 cm³/mol. The smallest absolute Gasteiger partial charge is 0.220 e. The van der Waals surface area contributed by atoms with Gasteiger partial charge in [0, 0.05) is 37.1 Å². The number of H-pyrrole nitrogens is 1. The number of amides is 1. The maximum atomic E-state index is 12.3. The minimum Gasteiger partial charge on any atom is -0.378 e. The van der Waals surface area contributed by atoms with Crippen LogP contribution in [-0.4, -0.2) is 39.6 Å². The van der Waals surface area contributed by atoms with Gasteiger partial charge in [-0.1, -0.05) is 6.42 Å². The molecule has 24 heavy (non-hydrogen) atoms. The summed E-state index contributed by atoms with van der Waals surface area (Å²) in [5.41, 5.74) is 1.84. The Labute approximate surface area is 141 Å². The van der Waals surface area contributed by atoms with Crippen molar-refractivity contribution >= 4 is 17.1 Å². The first kappa shape index (κ1) is 15.6. The van der Waals surface area contributed by atoms with E-state index in [1.807, 2.05) is 19.1 Å². The van der Waals surface area contributed by atoms with Gasteiger partial charge in [0.2, 0.25) is 5.91 Å². The van der Waals surface area contributed by atoms with E-state index in [-0.39, 0.29) is 17.4 Å². The zero-order valence-electron chi connectivity index (χ0n) is 14.0. The average Bonchev–Trinajstić information content (AvgIpc) is 2.93. The van der Waals surface area contributed by atoms with Crippen LogP contribution in [0.15, 0.2) is 18.3 Å². The summed E-state index contributed by atoms with van der Waals surface area (Å²) >= 11 is 0. The number of carbonyl (C=O) groups excluding carboxylic acids is 1. The number of imidazole rings is 1. The van der Waals surface area contributed by atoms with Crippen LogP contribution in [0.5, 0.6) is 0 Å². The van der Waals surface area contributed by atoms with Gasteiger partial charge in [-0.2, -0.15) is 0 Å². The third-order valence-corrected chi connectivity index (χ3v) is 5.67. The first-order chi connectivity index (χ1) is 11.7. The molecule has 2 N–H and O–H groups in total. The molecule has 2 saturated carbocycles. The Morgan fingerprint density at radius 2 is 2.38 bits per heavy atom. The minimum absolute atomic E-state index is 0.106. The second-order valence-electron chi connectivity index (χ2n) is 6.94. The summed E-state index contributed by atoms with van der Waals surface area (Å²) in [7, 11) is 0. The number of nitrogens with one attached hydrogen (secondary N) is 2. The summed E-state index contributed by atoms with van der Waals surface area (Å²) < 4.78 is 5.84. The third kappa shape index (κ3) is 2.59. The van der Waals surface area contributed by atoms with Crippen molar-refractivity contribution in [3.05, 3.63) is 24.2 Å². The van der Waals surface area contributed by atoms with Gasteiger partial charge in [0.25, 0.3) is 0 Å². The highest BCUT2D eigenvalue weighted by Gasteiger charge is 2.59. The molecule has 0 bridgehead atoms. The van der Waals surface area contributed by atoms with Crippen molar-refractivity contribution in [3.8, 4) is 0 Å². The van der Waals surface area contributed by atoms with Crippen molar-refractivity contribution in [1.29, 1.82) is 0 Å². The van der Waals surface area contributed by atoms with E-state index in [0.717, 1.165) is 24.4 Å². The summed E-state index contributed by atoms with van der Waals surface area (Å²) in [6.45, 7) is 2.80. The van der Waals surface area contributed by atoms with Gasteiger partial charge in [0.05, 0.1) is 11.6 Å². The molecule has 0 saturated heterocycles. The molecule has 2 aliphatic carbocycles. The number of aromatic amines is 1. The topological polar surface area (TPSA) is 79.9 Å². The van der Waals surface area contributed by atoms with Gasteiger partial charge in [-0.3, -0.25) is 4.79 Å². The molecule has 1 spiro atoms. The van der Waals surface area contributed by atoms with E-state index in [0.29, 0.717) is 24.6 Å². The maximum absolute atomic E-state index is 12.3. The summed E-state index contributed by atoms with van der Waals surface area (Å²) in [5, 5.41) is 3.23. The lowest BCUT2D eigenvalue weighted by Gasteiger charge is -2.61. The normalized spacial score (nSPS) is 24.5. The predicted octanol–water partition coefficient (Wildman–Crippen LogP) is 2.35. The largest absolute Gasteiger partial charge is 0.378 e. The van der Waals surface area contributed by atoms with Gasteiger partial charge in [-0.25, -0.2) is 9.97 Å². The molecule has 1 amide bonds. The Hall–Kier alpha value is -1.95. The summed E-state index contributed by atoms with van der Waals surface area (Å²) in [6.07, 6.45) is 7.68. The molecule has 0 aromatic carbocycles. The summed E-state index contributed by atoms with van der Waals surface area (Å²) in [6, 6.07) is 4.11. The maximum Gasteiger partial charge on any atom is 0.220 e. The first-order valence-electron chi connectivity index (χ1n) is 8.92. The van der Waals surface area contributed by atoms with Crippen LogP contribution >= 0.6 is 0 Å². The lowest BCUT2D eigenvalue weighted by molar-refractivity contribution is -0.175. The fourth-order valence-corrected chi connectivity index (χ4v) is 4.15. The van der Waals surface area contributed by atoms with Crippen LogP contribution in [0.1, 0.15) is 44.9 Å². The van der Waals surface area contributed by atoms with Crippen LogP contribution in [0.3, 0.4) is 0 Å². The third-order valence-electron chi connectivity index (χ3n) is 5.67. The van der Waals surface area contributed by atoms with Crippen LogP contribution in [0.25, 0.3) is 11.2 Å². The fraction of sp³-hybridized carbons (Fsp3) is 0.611. The zero-order chi connectivity index (χ0) is 16.6. The van der Waals surface area contributed by atoms with E-state index in [2.05, 4.69) is 20.3 Å². The fourth-order valence-electron chi connectivity index (χ4n) is 4.15. The molecule has 6 nitrogen and oxygen atoms in total. The number of fused-ring (bicyclic) bond motifs is 1. The van der Waals surface area contributed by atoms with Gasteiger partial charge < -0.3 is 15.0 Å². The Morgan fingerprint density at radius 3 is 3.08 bits per heavy atom. The number of rotatable bonds is 6. The number of carbonyl (C=O) groups is 1. The molecule has 2 heterocycles. The monoisotopic (exact) mass is 328 g/mol. The number of nitrogens with zero attached hydrogens (tertiary/aromatic N) is 2. The van der Waals surface area contributed by atoms with Crippen molar-refractivity contribution in [1.82, 2.24) is 20.3 Å². The van der Waals surface area contributed by atoms with Crippen molar-refractivity contribution in [2.75, 3.05) is 6.61 Å². The zero-order valence-corrected chi connectivity index (χ0v) is 14.0. The highest BCUT2D eigenvalue weighted by molar-refractivity contribution is 5.77. The van der Waals surface area contributed by atoms with Crippen molar-refractivity contribution < 1.29 is 9.53 Å². The molecule has 2 fully saturated rings. The van der Waals surface area contributed by atoms with Gasteiger partial charge in [-0.05, 0) is 38.3 Å². The molecule has 4 rings (SSSR count). The number of aromatic nitrogens is 3. The number of pyridine rings is 1. The summed E-state index contributed by atoms with van der Waals surface area (Å²) in [5.74, 6) is 0.924. The van der Waals surface area contributed by atoms with Gasteiger partial charge >= 0.3 is 0 Å². The molecular formula is C18H24N4O2. The molecule has 6 heteroatoms. The standard InChI is InChI=1S/C18H24N4O2/c1-2-24-14-11-13(18(14)8-4-9-18)21-16(23)7-6-15-20-12-5-3-10-19-17(12)22-15/h3,5,10,13-14H,2,4,6-9,11H2,1H3,(H,21,23)(H,19,20,22)/t13-,14-/m0/s1. The highest BCUT2D eigenvalue weighted by Crippen LogP contribution is 2.57. The molecule has 2 atom stereocenters. The van der Waals surface area contributed by atoms with Gasteiger partial charge in [0.15, 0.2) is 5.65 Å². The van der Waals surface area contributed by atoms with Crippen molar-refractivity contribution in [2.45, 2.75) is 57.6 Å². The van der Waals surface area contributed by atoms with E-state index in [4.69, 9.17) is 4.74 Å². The first-order valence-corrected chi connectivity index (χ1v) is 8.92. The van der Waals surface area contributed by atoms with Crippen molar-refractivity contribution in [2.24, 2.45) is 5.41 Å². The molecule has 128 valence electrons. The molecular weight excluding hydrogens is 304 g/mol. The minimum atomic E-state index is 0.106. The van der Waals surface area contributed by atoms with Crippen LogP contribution in [0.4, 0.5) is 0 Å². The van der Waals surface area contributed by atoms with E-state index in [9.17, 15) is 4.79 Å². The lowest BCUT2D eigenvalue weighted by Crippen LogP contribution is -2.67. The van der Waals surface area contributed by atoms with Gasteiger partial charge in [-0.15, -0.1) is 0 Å². The molecule has 2 aliphatic rings. The van der Waals surface area contributed by atoms with Crippen LogP contribution in [0.2, 0.25) is 0 Å². The molecule has 2 aromatic rings. The summed E-state index contributed by atoms with van der Waals surface area (Å²) in [4.78, 5) is 24.2. The molecule has 2 aromatic heterocycles. The lowest BCUT2D eigenvalue weighted by atomic mass is 9.51. The number of hydrogen-bond acceptors (Lipinski definition) is 4. The molecule has 0 unspecified atom stereocenters. The average molecular weight is 328 g/mol. The van der Waals surface area contributed by atoms with E-state index in [1.165, 1.54) is 19.3 Å². The quantitative estimate of drug-likeness (QED) is 0.853. The second-order valence-corrected chi connectivity index (χ2v) is 6.94. The van der Waals surface area contributed by atoms with E-state index < -0.39 is 0 Å². The number of ether oxygens (including phenoxy) is 1. The van der Waals surface area contributed by atoms with Crippen LogP contribution in [0, 0.1) is 5.41 Å². The van der Waals surface area contributed by atoms with Gasteiger partial charge in [0.1, 0.15) is 5.82 Å². The van der Waals surface area contributed by atoms with Crippen LogP contribution in [-0.2, 0) is 16.0 Å². The molecule has 0 aliphatic heterocycles. The Balaban J connectivity index is 1.31. The Bertz CT molecular complexity index is 704. The second kappa shape index (κ2) is 6.16. The Kier molecular flexibility index (Phi) is 4.00. The molecule has 0 radical (unpaired) electrons. The highest BCUT2D eigenvalue weighted by atomic mass is 16.5. The van der Waals surface area contributed by atoms with Crippen molar-refractivity contribution in [3.63, 3.8) is 0 Å². The number of aryl methyl sites for hydroxylation is 1. The van der Waals surface area contributed by atoms with Crippen LogP contribution < -0.4 is 5.32 Å².